The Morgan fingerprint density at radius 3 is 2.46 bits per heavy atom. The minimum atomic E-state index is -0.230. The smallest absolute Gasteiger partial charge is 0.254 e. The number of carbonyl (C=O) groups is 1. The third-order valence-electron chi connectivity index (χ3n) is 4.29. The number of nitrogens with zero attached hydrogens (tertiary/aromatic N) is 5. The highest BCUT2D eigenvalue weighted by Gasteiger charge is 2.17. The lowest BCUT2D eigenvalue weighted by Crippen LogP contribution is -2.31. The second-order valence-corrected chi connectivity index (χ2v) is 6.23. The van der Waals surface area contributed by atoms with Gasteiger partial charge in [-0.15, -0.1) is 0 Å². The second kappa shape index (κ2) is 8.22. The molecule has 0 aliphatic heterocycles. The highest BCUT2D eigenvalue weighted by molar-refractivity contribution is 5.94. The molecule has 0 fully saturated rings. The van der Waals surface area contributed by atoms with Crippen molar-refractivity contribution in [1.29, 1.82) is 0 Å². The number of hydrogen-bond donors (Lipinski definition) is 1. The topological polar surface area (TPSA) is 85.6 Å². The number of amides is 1. The SMILES string of the molecule is O=C(N[C@H](Cn1ccnc1)c1ccccc1)c1cnc(-c2cccnc2)nc1. The van der Waals surface area contributed by atoms with Gasteiger partial charge in [-0.1, -0.05) is 30.3 Å². The Bertz CT molecular complexity index is 1020. The number of nitrogens with one attached hydrogen (secondary N) is 1. The van der Waals surface area contributed by atoms with Crippen molar-refractivity contribution >= 4 is 5.91 Å². The lowest BCUT2D eigenvalue weighted by molar-refractivity contribution is 0.0932. The molecule has 7 nitrogen and oxygen atoms in total. The molecule has 1 atom stereocenters. The van der Waals surface area contributed by atoms with Gasteiger partial charge in [-0.2, -0.15) is 0 Å². The minimum Gasteiger partial charge on any atom is -0.343 e. The Morgan fingerprint density at radius 1 is 0.964 bits per heavy atom. The van der Waals surface area contributed by atoms with E-state index in [1.54, 1.807) is 24.9 Å². The van der Waals surface area contributed by atoms with Gasteiger partial charge in [-0.05, 0) is 17.7 Å². The van der Waals surface area contributed by atoms with E-state index in [0.29, 0.717) is 17.9 Å². The van der Waals surface area contributed by atoms with Crippen molar-refractivity contribution in [2.24, 2.45) is 0 Å². The Balaban J connectivity index is 1.52. The Kier molecular flexibility index (Phi) is 5.15. The van der Waals surface area contributed by atoms with Crippen LogP contribution in [0.1, 0.15) is 22.0 Å². The van der Waals surface area contributed by atoms with E-state index in [1.807, 2.05) is 53.2 Å². The van der Waals surface area contributed by atoms with Gasteiger partial charge >= 0.3 is 0 Å². The van der Waals surface area contributed by atoms with Crippen LogP contribution in [-0.4, -0.2) is 30.4 Å². The van der Waals surface area contributed by atoms with Gasteiger partial charge in [0.15, 0.2) is 5.82 Å². The normalized spacial score (nSPS) is 11.7. The number of aromatic nitrogens is 5. The lowest BCUT2D eigenvalue weighted by Gasteiger charge is -2.19. The molecule has 0 radical (unpaired) electrons. The van der Waals surface area contributed by atoms with E-state index < -0.39 is 0 Å². The van der Waals surface area contributed by atoms with E-state index in [-0.39, 0.29) is 11.9 Å². The standard InChI is InChI=1S/C21H18N6O/c28-21(18-12-24-20(25-13-18)17-7-4-8-22-11-17)26-19(14-27-10-9-23-15-27)16-5-2-1-3-6-16/h1-13,15,19H,14H2,(H,26,28)/t19-/m1/s1. The first kappa shape index (κ1) is 17.5. The summed E-state index contributed by atoms with van der Waals surface area (Å²) < 4.78 is 1.93. The molecule has 1 amide bonds. The van der Waals surface area contributed by atoms with E-state index in [1.165, 1.54) is 12.4 Å². The molecule has 0 unspecified atom stereocenters. The molecule has 0 aliphatic rings. The predicted molar refractivity (Wildman–Crippen MR) is 104 cm³/mol. The highest BCUT2D eigenvalue weighted by atomic mass is 16.1. The van der Waals surface area contributed by atoms with Crippen molar-refractivity contribution in [3.05, 3.63) is 97.1 Å². The molecule has 0 bridgehead atoms. The van der Waals surface area contributed by atoms with Gasteiger partial charge in [0, 0.05) is 49.3 Å². The molecule has 4 aromatic rings. The van der Waals surface area contributed by atoms with Gasteiger partial charge in [0.1, 0.15) is 0 Å². The van der Waals surface area contributed by atoms with Crippen LogP contribution in [0.2, 0.25) is 0 Å². The molecule has 138 valence electrons. The number of hydrogen-bond acceptors (Lipinski definition) is 5. The van der Waals surface area contributed by atoms with Crippen molar-refractivity contribution in [2.45, 2.75) is 12.6 Å². The molecule has 0 saturated carbocycles. The Hall–Kier alpha value is -3.87. The van der Waals surface area contributed by atoms with Crippen LogP contribution in [0.5, 0.6) is 0 Å². The van der Waals surface area contributed by atoms with Crippen LogP contribution < -0.4 is 5.32 Å². The minimum absolute atomic E-state index is 0.208. The molecule has 0 saturated heterocycles. The molecule has 1 aromatic carbocycles. The molecular weight excluding hydrogens is 352 g/mol. The Labute approximate surface area is 162 Å². The molecular formula is C21H18N6O. The zero-order chi connectivity index (χ0) is 19.2. The fourth-order valence-electron chi connectivity index (χ4n) is 2.86. The summed E-state index contributed by atoms with van der Waals surface area (Å²) >= 11 is 0. The molecule has 0 spiro atoms. The van der Waals surface area contributed by atoms with Crippen LogP contribution in [0.4, 0.5) is 0 Å². The van der Waals surface area contributed by atoms with Gasteiger partial charge in [-0.25, -0.2) is 15.0 Å². The molecule has 7 heteroatoms. The van der Waals surface area contributed by atoms with Crippen LogP contribution in [-0.2, 0) is 6.54 Å². The van der Waals surface area contributed by atoms with Gasteiger partial charge in [0.2, 0.25) is 0 Å². The van der Waals surface area contributed by atoms with Gasteiger partial charge in [-0.3, -0.25) is 9.78 Å². The van der Waals surface area contributed by atoms with Crippen molar-refractivity contribution < 1.29 is 4.79 Å². The van der Waals surface area contributed by atoms with Crippen LogP contribution in [0.3, 0.4) is 0 Å². The second-order valence-electron chi connectivity index (χ2n) is 6.23. The van der Waals surface area contributed by atoms with E-state index in [4.69, 9.17) is 0 Å². The van der Waals surface area contributed by atoms with Gasteiger partial charge in [0.25, 0.3) is 5.91 Å². The summed E-state index contributed by atoms with van der Waals surface area (Å²) in [5.41, 5.74) is 2.22. The largest absolute Gasteiger partial charge is 0.343 e. The summed E-state index contributed by atoms with van der Waals surface area (Å²) in [6.07, 6.45) is 11.8. The summed E-state index contributed by atoms with van der Waals surface area (Å²) in [6, 6.07) is 13.3. The highest BCUT2D eigenvalue weighted by Crippen LogP contribution is 2.17. The molecule has 1 N–H and O–H groups in total. The first-order chi connectivity index (χ1) is 13.8. The summed E-state index contributed by atoms with van der Waals surface area (Å²) in [4.78, 5) is 29.5. The first-order valence-corrected chi connectivity index (χ1v) is 8.83. The van der Waals surface area contributed by atoms with E-state index in [2.05, 4.69) is 25.3 Å². The summed E-state index contributed by atoms with van der Waals surface area (Å²) in [5.74, 6) is 0.300. The maximum atomic E-state index is 12.8. The number of benzene rings is 1. The number of rotatable bonds is 6. The molecule has 3 aromatic heterocycles. The zero-order valence-electron chi connectivity index (χ0n) is 15.0. The predicted octanol–water partition coefficient (Wildman–Crippen LogP) is 2.91. The fraction of sp³-hybridized carbons (Fsp3) is 0.0952. The average Bonchev–Trinajstić information content (AvgIpc) is 3.28. The van der Waals surface area contributed by atoms with Gasteiger partial charge < -0.3 is 9.88 Å². The average molecular weight is 370 g/mol. The van der Waals surface area contributed by atoms with E-state index in [9.17, 15) is 4.79 Å². The van der Waals surface area contributed by atoms with Crippen molar-refractivity contribution in [3.63, 3.8) is 0 Å². The number of pyridine rings is 1. The fourth-order valence-corrected chi connectivity index (χ4v) is 2.86. The maximum Gasteiger partial charge on any atom is 0.254 e. The molecule has 28 heavy (non-hydrogen) atoms. The Morgan fingerprint density at radius 2 is 1.79 bits per heavy atom. The third-order valence-corrected chi connectivity index (χ3v) is 4.29. The third kappa shape index (κ3) is 4.09. The summed E-state index contributed by atoms with van der Waals surface area (Å²) in [5, 5.41) is 3.07. The zero-order valence-corrected chi connectivity index (χ0v) is 15.0. The summed E-state index contributed by atoms with van der Waals surface area (Å²) in [7, 11) is 0. The quantitative estimate of drug-likeness (QED) is 0.564. The van der Waals surface area contributed by atoms with Crippen LogP contribution in [0.25, 0.3) is 11.4 Å². The number of carbonyl (C=O) groups excluding carboxylic acids is 1. The van der Waals surface area contributed by atoms with Crippen molar-refractivity contribution in [3.8, 4) is 11.4 Å². The van der Waals surface area contributed by atoms with E-state index >= 15 is 0 Å². The first-order valence-electron chi connectivity index (χ1n) is 8.83. The monoisotopic (exact) mass is 370 g/mol. The van der Waals surface area contributed by atoms with Crippen LogP contribution >= 0.6 is 0 Å². The van der Waals surface area contributed by atoms with Crippen LogP contribution in [0.15, 0.2) is 86.0 Å². The molecule has 4 rings (SSSR count). The van der Waals surface area contributed by atoms with Crippen molar-refractivity contribution in [1.82, 2.24) is 29.8 Å². The van der Waals surface area contributed by atoms with E-state index in [0.717, 1.165) is 11.1 Å². The lowest BCUT2D eigenvalue weighted by atomic mass is 10.1. The van der Waals surface area contributed by atoms with Crippen molar-refractivity contribution in [2.75, 3.05) is 0 Å². The van der Waals surface area contributed by atoms with Crippen LogP contribution in [0, 0.1) is 0 Å². The maximum absolute atomic E-state index is 12.8. The molecule has 3 heterocycles. The summed E-state index contributed by atoms with van der Waals surface area (Å²) in [6.45, 7) is 0.574. The molecule has 0 aliphatic carbocycles. The number of imidazole rings is 1. The van der Waals surface area contributed by atoms with Gasteiger partial charge in [0.05, 0.1) is 17.9 Å².